The second-order valence-corrected chi connectivity index (χ2v) is 4.13. The van der Waals surface area contributed by atoms with Crippen molar-refractivity contribution in [1.82, 2.24) is 5.32 Å². The minimum absolute atomic E-state index is 0.498. The molecule has 0 unspecified atom stereocenters. The molecule has 0 saturated carbocycles. The van der Waals surface area contributed by atoms with Crippen LogP contribution in [0, 0.1) is 0 Å². The van der Waals surface area contributed by atoms with Gasteiger partial charge in [0.1, 0.15) is 0 Å². The number of amides is 1. The highest BCUT2D eigenvalue weighted by atomic mass is 35.5. The molecule has 0 heterocycles. The Morgan fingerprint density at radius 1 is 1.42 bits per heavy atom. The fourth-order valence-corrected chi connectivity index (χ4v) is 1.67. The minimum Gasteiger partial charge on any atom is -0.420 e. The number of hydrogen-bond acceptors (Lipinski definition) is 4. The van der Waals surface area contributed by atoms with E-state index in [-0.39, 0.29) is 0 Å². The minimum atomic E-state index is -0.707. The van der Waals surface area contributed by atoms with Crippen LogP contribution in [0.4, 0.5) is 4.79 Å². The second-order valence-electron chi connectivity index (χ2n) is 3.72. The van der Waals surface area contributed by atoms with Gasteiger partial charge in [0.25, 0.3) is 0 Å². The summed E-state index contributed by atoms with van der Waals surface area (Å²) in [6.07, 6.45) is -1.46. The van der Waals surface area contributed by atoms with Gasteiger partial charge in [-0.15, -0.1) is 0 Å². The maximum Gasteiger partial charge on any atom is 0.409 e. The van der Waals surface area contributed by atoms with E-state index in [9.17, 15) is 4.79 Å². The molecule has 1 aromatic rings. The normalized spacial score (nSPS) is 13.7. The summed E-state index contributed by atoms with van der Waals surface area (Å²) in [4.78, 5) is 11.2. The van der Waals surface area contributed by atoms with Crippen LogP contribution in [0.15, 0.2) is 24.3 Å². The van der Waals surface area contributed by atoms with Crippen LogP contribution in [0.3, 0.4) is 0 Å². The molecule has 0 bridgehead atoms. The molecule has 1 N–H and O–H groups in total. The Labute approximate surface area is 117 Å². The molecule has 0 spiro atoms. The number of ether oxygens (including phenoxy) is 3. The van der Waals surface area contributed by atoms with Crippen LogP contribution >= 0.6 is 11.6 Å². The second kappa shape index (κ2) is 7.99. The molecule has 0 aliphatic carbocycles. The number of benzene rings is 1. The molecule has 2 atom stereocenters. The Hall–Kier alpha value is -1.30. The van der Waals surface area contributed by atoms with Gasteiger partial charge >= 0.3 is 6.09 Å². The SMILES string of the molecule is CC[C@@H](OC(=O)NC)O[C@@H](OC)c1ccccc1Cl. The number of methoxy groups -OCH3 is 1. The van der Waals surface area contributed by atoms with Crippen LogP contribution < -0.4 is 5.32 Å². The van der Waals surface area contributed by atoms with E-state index in [1.165, 1.54) is 14.2 Å². The van der Waals surface area contributed by atoms with Crippen LogP contribution in [-0.4, -0.2) is 26.5 Å². The van der Waals surface area contributed by atoms with Gasteiger partial charge in [0.05, 0.1) is 0 Å². The fraction of sp³-hybridized carbons (Fsp3) is 0.462. The number of carbonyl (C=O) groups is 1. The lowest BCUT2D eigenvalue weighted by Gasteiger charge is -2.23. The summed E-state index contributed by atoms with van der Waals surface area (Å²) in [6, 6.07) is 7.18. The molecule has 0 aromatic heterocycles. The van der Waals surface area contributed by atoms with E-state index in [0.717, 1.165) is 0 Å². The Kier molecular flexibility index (Phi) is 6.62. The number of rotatable bonds is 6. The Balaban J connectivity index is 2.75. The smallest absolute Gasteiger partial charge is 0.409 e. The lowest BCUT2D eigenvalue weighted by atomic mass is 10.2. The first kappa shape index (κ1) is 15.8. The van der Waals surface area contributed by atoms with Gasteiger partial charge in [0, 0.05) is 31.2 Å². The van der Waals surface area contributed by atoms with Crippen molar-refractivity contribution >= 4 is 17.7 Å². The van der Waals surface area contributed by atoms with E-state index in [1.807, 2.05) is 19.1 Å². The van der Waals surface area contributed by atoms with Crippen LogP contribution in [0.5, 0.6) is 0 Å². The van der Waals surface area contributed by atoms with Gasteiger partial charge in [0.2, 0.25) is 6.29 Å². The number of nitrogens with one attached hydrogen (secondary N) is 1. The third kappa shape index (κ3) is 4.70. The van der Waals surface area contributed by atoms with Crippen molar-refractivity contribution in [2.45, 2.75) is 25.9 Å². The zero-order chi connectivity index (χ0) is 14.3. The van der Waals surface area contributed by atoms with E-state index in [2.05, 4.69) is 5.32 Å². The van der Waals surface area contributed by atoms with Gasteiger partial charge < -0.3 is 19.5 Å². The van der Waals surface area contributed by atoms with Gasteiger partial charge in [-0.05, 0) is 6.07 Å². The van der Waals surface area contributed by atoms with Crippen molar-refractivity contribution in [2.75, 3.05) is 14.2 Å². The average Bonchev–Trinajstić information content (AvgIpc) is 2.44. The van der Waals surface area contributed by atoms with E-state index in [0.29, 0.717) is 17.0 Å². The summed E-state index contributed by atoms with van der Waals surface area (Å²) in [6.45, 7) is 1.84. The van der Waals surface area contributed by atoms with Gasteiger partial charge in [-0.2, -0.15) is 0 Å². The first-order valence-corrected chi connectivity index (χ1v) is 6.31. The van der Waals surface area contributed by atoms with E-state index in [4.69, 9.17) is 25.8 Å². The molecule has 106 valence electrons. The van der Waals surface area contributed by atoms with Crippen LogP contribution in [-0.2, 0) is 14.2 Å². The zero-order valence-electron chi connectivity index (χ0n) is 11.2. The molecule has 1 aromatic carbocycles. The van der Waals surface area contributed by atoms with Gasteiger partial charge in [-0.3, -0.25) is 0 Å². The summed E-state index contributed by atoms with van der Waals surface area (Å²) in [5.41, 5.74) is 0.686. The Morgan fingerprint density at radius 3 is 2.63 bits per heavy atom. The summed E-state index contributed by atoms with van der Waals surface area (Å²) in [5.74, 6) is 0. The van der Waals surface area contributed by atoms with Crippen molar-refractivity contribution in [3.05, 3.63) is 34.9 Å². The van der Waals surface area contributed by atoms with E-state index >= 15 is 0 Å². The number of hydrogen-bond donors (Lipinski definition) is 1. The van der Waals surface area contributed by atoms with Gasteiger partial charge in [0.15, 0.2) is 6.29 Å². The third-order valence-electron chi connectivity index (χ3n) is 2.42. The fourth-order valence-electron chi connectivity index (χ4n) is 1.45. The van der Waals surface area contributed by atoms with Crippen molar-refractivity contribution in [3.8, 4) is 0 Å². The maximum absolute atomic E-state index is 11.2. The van der Waals surface area contributed by atoms with Crippen LogP contribution in [0.2, 0.25) is 5.02 Å². The highest BCUT2D eigenvalue weighted by Gasteiger charge is 2.21. The molecular formula is C13H18ClNO4. The predicted octanol–water partition coefficient (Wildman–Crippen LogP) is 3.09. The lowest BCUT2D eigenvalue weighted by Crippen LogP contribution is -2.29. The van der Waals surface area contributed by atoms with Gasteiger partial charge in [-0.25, -0.2) is 4.79 Å². The average molecular weight is 288 g/mol. The molecule has 0 saturated heterocycles. The Bertz CT molecular complexity index is 413. The molecule has 1 rings (SSSR count). The lowest BCUT2D eigenvalue weighted by molar-refractivity contribution is -0.222. The molecule has 1 amide bonds. The molecule has 6 heteroatoms. The number of halogens is 1. The first-order chi connectivity index (χ1) is 9.12. The van der Waals surface area contributed by atoms with E-state index < -0.39 is 18.7 Å². The molecule has 0 radical (unpaired) electrons. The maximum atomic E-state index is 11.2. The molecule has 19 heavy (non-hydrogen) atoms. The Morgan fingerprint density at radius 2 is 2.11 bits per heavy atom. The molecule has 0 aliphatic heterocycles. The van der Waals surface area contributed by atoms with Crippen molar-refractivity contribution < 1.29 is 19.0 Å². The summed E-state index contributed by atoms with van der Waals surface area (Å²) in [7, 11) is 2.98. The van der Waals surface area contributed by atoms with Crippen molar-refractivity contribution in [1.29, 1.82) is 0 Å². The molecular weight excluding hydrogens is 270 g/mol. The van der Waals surface area contributed by atoms with E-state index in [1.54, 1.807) is 12.1 Å². The van der Waals surface area contributed by atoms with Gasteiger partial charge in [-0.1, -0.05) is 36.7 Å². The highest BCUT2D eigenvalue weighted by Crippen LogP contribution is 2.27. The topological polar surface area (TPSA) is 56.8 Å². The van der Waals surface area contributed by atoms with Crippen molar-refractivity contribution in [2.24, 2.45) is 0 Å². The van der Waals surface area contributed by atoms with Crippen molar-refractivity contribution in [3.63, 3.8) is 0 Å². The standard InChI is InChI=1S/C13H18ClNO4/c1-4-11(19-13(16)15-2)18-12(17-3)9-7-5-6-8-10(9)14/h5-8,11-12H,4H2,1-3H3,(H,15,16)/t11-,12-/m1/s1. The third-order valence-corrected chi connectivity index (χ3v) is 2.77. The summed E-state index contributed by atoms with van der Waals surface area (Å²) >= 11 is 6.08. The number of alkyl carbamates (subject to hydrolysis) is 1. The first-order valence-electron chi connectivity index (χ1n) is 5.93. The number of carbonyl (C=O) groups excluding carboxylic acids is 1. The molecule has 0 fully saturated rings. The summed E-state index contributed by atoms with van der Waals surface area (Å²) < 4.78 is 15.9. The summed E-state index contributed by atoms with van der Waals surface area (Å²) in [5, 5.41) is 2.90. The zero-order valence-corrected chi connectivity index (χ0v) is 11.9. The van der Waals surface area contributed by atoms with Crippen LogP contribution in [0.1, 0.15) is 25.2 Å². The predicted molar refractivity (Wildman–Crippen MR) is 71.9 cm³/mol. The largest absolute Gasteiger partial charge is 0.420 e. The molecule has 0 aliphatic rings. The molecule has 5 nitrogen and oxygen atoms in total. The quantitative estimate of drug-likeness (QED) is 0.817. The highest BCUT2D eigenvalue weighted by molar-refractivity contribution is 6.31. The monoisotopic (exact) mass is 287 g/mol. The van der Waals surface area contributed by atoms with Crippen LogP contribution in [0.25, 0.3) is 0 Å².